The van der Waals surface area contributed by atoms with Crippen LogP contribution in [0.25, 0.3) is 22.8 Å². The highest BCUT2D eigenvalue weighted by Crippen LogP contribution is 2.41. The zero-order chi connectivity index (χ0) is 41.9. The van der Waals surface area contributed by atoms with Crippen molar-refractivity contribution in [2.75, 3.05) is 13.1 Å². The number of primary amides is 2. The van der Waals surface area contributed by atoms with Crippen LogP contribution in [0.2, 0.25) is 0 Å². The fourth-order valence-corrected chi connectivity index (χ4v) is 8.63. The standard InChI is InChI=1S/C45H43N5O9/c46-40(55)44(25-37(51)52,32-9-3-1-4-10-32)42(57)49-23-7-13-34(49)28-15-19-30(20-16-28)36-27-48-39(59-36)31-21-17-29(18-22-31)35-14-8-24-50(35)43(58)45(41(47)56,26-38(53)54)33-11-5-2-6-12-33/h1-6,9-12,15-22,27,34-35H,7-8,13-14,23-26H2,(H2,46,55)(H2,47,56)(H,51,52)(H,53,54)/t34-,35-,44-,45-/m0/s1. The van der Waals surface area contributed by atoms with E-state index in [4.69, 9.17) is 15.9 Å². The van der Waals surface area contributed by atoms with E-state index in [1.165, 1.54) is 0 Å². The Morgan fingerprint density at radius 2 is 1.02 bits per heavy atom. The summed E-state index contributed by atoms with van der Waals surface area (Å²) in [7, 11) is 0. The molecule has 59 heavy (non-hydrogen) atoms. The monoisotopic (exact) mass is 797 g/mol. The molecule has 0 radical (unpaired) electrons. The van der Waals surface area contributed by atoms with Crippen molar-refractivity contribution < 1.29 is 43.4 Å². The number of hydrogen-bond donors (Lipinski definition) is 4. The average molecular weight is 798 g/mol. The van der Waals surface area contributed by atoms with Gasteiger partial charge in [0.25, 0.3) is 0 Å². The largest absolute Gasteiger partial charge is 0.481 e. The number of carbonyl (C=O) groups excluding carboxylic acids is 4. The van der Waals surface area contributed by atoms with E-state index in [1.54, 1.807) is 76.7 Å². The molecule has 5 aromatic rings. The molecule has 1 aromatic heterocycles. The Hall–Kier alpha value is -7.09. The van der Waals surface area contributed by atoms with Crippen molar-refractivity contribution in [3.8, 4) is 22.8 Å². The van der Waals surface area contributed by atoms with Gasteiger partial charge < -0.3 is 35.9 Å². The molecule has 7 rings (SSSR count). The van der Waals surface area contributed by atoms with E-state index in [-0.39, 0.29) is 11.1 Å². The van der Waals surface area contributed by atoms with E-state index in [0.29, 0.717) is 56.0 Å². The van der Waals surface area contributed by atoms with Crippen molar-refractivity contribution in [2.45, 2.75) is 61.4 Å². The summed E-state index contributed by atoms with van der Waals surface area (Å²) < 4.78 is 6.17. The van der Waals surface area contributed by atoms with Gasteiger partial charge in [-0.2, -0.15) is 0 Å². The second-order valence-electron chi connectivity index (χ2n) is 15.0. The fraction of sp³-hybridized carbons (Fsp3) is 0.267. The SMILES string of the molecule is NC(=O)[C@@](CC(=O)O)(C(=O)N1CCC[C@H]1c1ccc(-c2cnc(-c3ccc([C@@H]4CCCN4C(=O)[C@](CC(=O)O)(C(N)=O)c4ccccc4)cc3)o2)cc1)c1ccccc1. The second-order valence-corrected chi connectivity index (χ2v) is 15.0. The molecule has 2 aliphatic heterocycles. The van der Waals surface area contributed by atoms with Gasteiger partial charge in [-0.3, -0.25) is 28.8 Å². The summed E-state index contributed by atoms with van der Waals surface area (Å²) in [6.45, 7) is 0.662. The number of oxazole rings is 1. The highest BCUT2D eigenvalue weighted by molar-refractivity contribution is 6.13. The summed E-state index contributed by atoms with van der Waals surface area (Å²) in [5.74, 6) is -5.14. The maximum absolute atomic E-state index is 14.2. The van der Waals surface area contributed by atoms with Crippen LogP contribution in [-0.4, -0.2) is 73.7 Å². The number of hydrogen-bond acceptors (Lipinski definition) is 8. The van der Waals surface area contributed by atoms with Crippen LogP contribution in [0, 0.1) is 0 Å². The molecule has 4 aromatic carbocycles. The number of likely N-dealkylation sites (tertiary alicyclic amines) is 2. The number of benzene rings is 4. The van der Waals surface area contributed by atoms with Crippen molar-refractivity contribution >= 4 is 35.6 Å². The molecule has 6 N–H and O–H groups in total. The number of nitrogens with zero attached hydrogens (tertiary/aromatic N) is 3. The van der Waals surface area contributed by atoms with Gasteiger partial charge in [-0.25, -0.2) is 4.98 Å². The molecule has 4 amide bonds. The summed E-state index contributed by atoms with van der Waals surface area (Å²) in [4.78, 5) is 86.1. The number of carboxylic acid groups (broad SMARTS) is 2. The molecule has 0 spiro atoms. The summed E-state index contributed by atoms with van der Waals surface area (Å²) in [6.07, 6.45) is 2.57. The van der Waals surface area contributed by atoms with Crippen molar-refractivity contribution in [3.05, 3.63) is 138 Å². The van der Waals surface area contributed by atoms with E-state index in [0.717, 1.165) is 16.7 Å². The highest BCUT2D eigenvalue weighted by Gasteiger charge is 2.53. The Bertz CT molecular complexity index is 2220. The Morgan fingerprint density at radius 1 is 0.610 bits per heavy atom. The molecular weight excluding hydrogens is 755 g/mol. The lowest BCUT2D eigenvalue weighted by molar-refractivity contribution is -0.151. The minimum absolute atomic E-state index is 0.230. The van der Waals surface area contributed by atoms with E-state index >= 15 is 0 Å². The molecule has 3 heterocycles. The Balaban J connectivity index is 1.08. The molecule has 14 heteroatoms. The number of aliphatic carboxylic acids is 2. The van der Waals surface area contributed by atoms with Gasteiger partial charge in [0.1, 0.15) is 0 Å². The van der Waals surface area contributed by atoms with Crippen LogP contribution in [0.5, 0.6) is 0 Å². The average Bonchev–Trinajstić information content (AvgIpc) is 4.04. The van der Waals surface area contributed by atoms with Gasteiger partial charge in [0.15, 0.2) is 16.6 Å². The first-order valence-electron chi connectivity index (χ1n) is 19.3. The number of aromatic nitrogens is 1. The van der Waals surface area contributed by atoms with Crippen molar-refractivity contribution in [3.63, 3.8) is 0 Å². The molecule has 302 valence electrons. The molecule has 0 bridgehead atoms. The smallest absolute Gasteiger partial charge is 0.305 e. The van der Waals surface area contributed by atoms with Crippen LogP contribution in [0.1, 0.15) is 72.9 Å². The van der Waals surface area contributed by atoms with Gasteiger partial charge in [0.05, 0.1) is 31.1 Å². The maximum Gasteiger partial charge on any atom is 0.305 e. The lowest BCUT2D eigenvalue weighted by Crippen LogP contribution is -2.55. The molecular formula is C45H43N5O9. The number of nitrogens with two attached hydrogens (primary N) is 2. The van der Waals surface area contributed by atoms with Crippen LogP contribution in [0.4, 0.5) is 0 Å². The predicted octanol–water partition coefficient (Wildman–Crippen LogP) is 5.13. The van der Waals surface area contributed by atoms with E-state index in [2.05, 4.69) is 4.98 Å². The molecule has 2 aliphatic rings. The normalized spacial score (nSPS) is 18.4. The first kappa shape index (κ1) is 40.1. The predicted molar refractivity (Wildman–Crippen MR) is 214 cm³/mol. The molecule has 0 saturated carbocycles. The zero-order valence-electron chi connectivity index (χ0n) is 32.0. The summed E-state index contributed by atoms with van der Waals surface area (Å²) in [5.41, 5.74) is 11.0. The quantitative estimate of drug-likeness (QED) is 0.108. The zero-order valence-corrected chi connectivity index (χ0v) is 32.0. The topological polar surface area (TPSA) is 227 Å². The van der Waals surface area contributed by atoms with Gasteiger partial charge in [-0.1, -0.05) is 97.1 Å². The molecule has 14 nitrogen and oxygen atoms in total. The fourth-order valence-electron chi connectivity index (χ4n) is 8.63. The van der Waals surface area contributed by atoms with Crippen LogP contribution in [0.15, 0.2) is 120 Å². The minimum atomic E-state index is -2.07. The number of carboxylic acids is 2. The van der Waals surface area contributed by atoms with E-state index in [1.807, 2.05) is 48.5 Å². The number of rotatable bonds is 14. The maximum atomic E-state index is 14.2. The Labute approximate surface area is 339 Å². The Morgan fingerprint density at radius 3 is 1.41 bits per heavy atom. The van der Waals surface area contributed by atoms with Gasteiger partial charge in [0, 0.05) is 24.2 Å². The molecule has 0 aliphatic carbocycles. The van der Waals surface area contributed by atoms with Crippen LogP contribution >= 0.6 is 0 Å². The first-order valence-corrected chi connectivity index (χ1v) is 19.3. The molecule has 2 fully saturated rings. The third-order valence-corrected chi connectivity index (χ3v) is 11.6. The summed E-state index contributed by atoms with van der Waals surface area (Å²) in [6, 6.07) is 30.1. The highest BCUT2D eigenvalue weighted by atomic mass is 16.4. The number of amides is 4. The van der Waals surface area contributed by atoms with Crippen molar-refractivity contribution in [2.24, 2.45) is 11.5 Å². The summed E-state index contributed by atoms with van der Waals surface area (Å²) >= 11 is 0. The third-order valence-electron chi connectivity index (χ3n) is 11.6. The van der Waals surface area contributed by atoms with Gasteiger partial charge in [-0.15, -0.1) is 0 Å². The third kappa shape index (κ3) is 7.44. The van der Waals surface area contributed by atoms with Gasteiger partial charge in [-0.05, 0) is 60.1 Å². The molecule has 0 unspecified atom stereocenters. The number of carbonyl (C=O) groups is 6. The van der Waals surface area contributed by atoms with E-state index < -0.39 is 71.3 Å². The van der Waals surface area contributed by atoms with Gasteiger partial charge in [0.2, 0.25) is 29.5 Å². The van der Waals surface area contributed by atoms with Crippen LogP contribution < -0.4 is 11.5 Å². The van der Waals surface area contributed by atoms with E-state index in [9.17, 15) is 39.0 Å². The van der Waals surface area contributed by atoms with Gasteiger partial charge >= 0.3 is 11.9 Å². The Kier molecular flexibility index (Phi) is 11.2. The lowest BCUT2D eigenvalue weighted by Gasteiger charge is -2.35. The lowest BCUT2D eigenvalue weighted by atomic mass is 9.75. The van der Waals surface area contributed by atoms with Crippen molar-refractivity contribution in [1.29, 1.82) is 0 Å². The first-order chi connectivity index (χ1) is 28.4. The molecule has 2 saturated heterocycles. The van der Waals surface area contributed by atoms with Crippen molar-refractivity contribution in [1.82, 2.24) is 14.8 Å². The summed E-state index contributed by atoms with van der Waals surface area (Å²) in [5, 5.41) is 19.6. The minimum Gasteiger partial charge on any atom is -0.481 e. The van der Waals surface area contributed by atoms with Crippen LogP contribution in [0.3, 0.4) is 0 Å². The van der Waals surface area contributed by atoms with Crippen LogP contribution in [-0.2, 0) is 39.6 Å². The second kappa shape index (κ2) is 16.4. The molecule has 4 atom stereocenters.